The second-order valence-corrected chi connectivity index (χ2v) is 5.56. The number of methoxy groups -OCH3 is 3. The second kappa shape index (κ2) is 6.86. The predicted octanol–water partition coefficient (Wildman–Crippen LogP) is 4.30. The molecule has 1 aromatic heterocycles. The minimum atomic E-state index is -0.181. The third-order valence-electron chi connectivity index (χ3n) is 3.07. The van der Waals surface area contributed by atoms with Crippen molar-refractivity contribution in [3.8, 4) is 17.2 Å². The van der Waals surface area contributed by atoms with Gasteiger partial charge in [-0.05, 0) is 34.9 Å². The Kier molecular flexibility index (Phi) is 5.15. The molecular weight excluding hydrogens is 296 g/mol. The Balaban J connectivity index is 2.33. The molecule has 1 aromatic carbocycles. The topological polar surface area (TPSA) is 27.7 Å². The molecule has 3 nitrogen and oxygen atoms in total. The van der Waals surface area contributed by atoms with Gasteiger partial charge in [-0.2, -0.15) is 11.3 Å². The van der Waals surface area contributed by atoms with Crippen molar-refractivity contribution < 1.29 is 14.2 Å². The summed E-state index contributed by atoms with van der Waals surface area (Å²) < 4.78 is 16.0. The molecule has 20 heavy (non-hydrogen) atoms. The van der Waals surface area contributed by atoms with Crippen molar-refractivity contribution in [2.75, 3.05) is 21.3 Å². The van der Waals surface area contributed by atoms with Gasteiger partial charge in [0.05, 0.1) is 26.7 Å². The Morgan fingerprint density at radius 2 is 1.70 bits per heavy atom. The molecule has 0 fully saturated rings. The maximum atomic E-state index is 6.53. The van der Waals surface area contributed by atoms with Gasteiger partial charge in [-0.15, -0.1) is 11.6 Å². The monoisotopic (exact) mass is 312 g/mol. The number of hydrogen-bond donors (Lipinski definition) is 0. The lowest BCUT2D eigenvalue weighted by molar-refractivity contribution is 0.347. The first kappa shape index (κ1) is 15.0. The van der Waals surface area contributed by atoms with Crippen LogP contribution >= 0.6 is 22.9 Å². The summed E-state index contributed by atoms with van der Waals surface area (Å²) in [5.74, 6) is 1.99. The van der Waals surface area contributed by atoms with Crippen LogP contribution in [0.3, 0.4) is 0 Å². The minimum absolute atomic E-state index is 0.181. The highest BCUT2D eigenvalue weighted by molar-refractivity contribution is 7.07. The van der Waals surface area contributed by atoms with Crippen molar-refractivity contribution in [1.29, 1.82) is 0 Å². The lowest BCUT2D eigenvalue weighted by Crippen LogP contribution is -2.01. The highest BCUT2D eigenvalue weighted by Crippen LogP contribution is 2.40. The first-order valence-corrected chi connectivity index (χ1v) is 7.52. The largest absolute Gasteiger partial charge is 0.496 e. The number of hydrogen-bond acceptors (Lipinski definition) is 4. The number of benzene rings is 1. The van der Waals surface area contributed by atoms with Crippen molar-refractivity contribution in [2.45, 2.75) is 11.8 Å². The fourth-order valence-corrected chi connectivity index (χ4v) is 3.05. The van der Waals surface area contributed by atoms with Gasteiger partial charge < -0.3 is 14.2 Å². The van der Waals surface area contributed by atoms with Crippen molar-refractivity contribution in [1.82, 2.24) is 0 Å². The Bertz CT molecular complexity index is 554. The molecule has 0 amide bonds. The SMILES string of the molecule is COc1cc(OC)c(C(Cl)Cc2ccsc2)cc1OC. The van der Waals surface area contributed by atoms with Gasteiger partial charge in [0.2, 0.25) is 0 Å². The van der Waals surface area contributed by atoms with Crippen molar-refractivity contribution in [2.24, 2.45) is 0 Å². The van der Waals surface area contributed by atoms with E-state index in [1.54, 1.807) is 38.7 Å². The molecule has 0 saturated heterocycles. The average Bonchev–Trinajstić information content (AvgIpc) is 2.98. The summed E-state index contributed by atoms with van der Waals surface area (Å²) in [7, 11) is 4.83. The molecule has 0 radical (unpaired) electrons. The predicted molar refractivity (Wildman–Crippen MR) is 82.7 cm³/mol. The van der Waals surface area contributed by atoms with Crippen molar-refractivity contribution in [3.05, 3.63) is 40.1 Å². The third kappa shape index (κ3) is 3.19. The average molecular weight is 313 g/mol. The minimum Gasteiger partial charge on any atom is -0.496 e. The fourth-order valence-electron chi connectivity index (χ4n) is 2.02. The standard InChI is InChI=1S/C15H17ClO3S/c1-17-13-8-15(19-3)14(18-2)7-11(13)12(16)6-10-4-5-20-9-10/h4-5,7-9,12H,6H2,1-3H3. The summed E-state index contributed by atoms with van der Waals surface area (Å²) >= 11 is 8.20. The zero-order chi connectivity index (χ0) is 14.5. The van der Waals surface area contributed by atoms with Crippen LogP contribution in [0.1, 0.15) is 16.5 Å². The Morgan fingerprint density at radius 1 is 1.05 bits per heavy atom. The molecule has 0 aliphatic rings. The van der Waals surface area contributed by atoms with E-state index >= 15 is 0 Å². The molecule has 1 unspecified atom stereocenters. The third-order valence-corrected chi connectivity index (χ3v) is 4.19. The maximum Gasteiger partial charge on any atom is 0.164 e. The summed E-state index contributed by atoms with van der Waals surface area (Å²) in [6.45, 7) is 0. The lowest BCUT2D eigenvalue weighted by atomic mass is 10.0. The van der Waals surface area contributed by atoms with E-state index in [0.717, 1.165) is 12.0 Å². The highest BCUT2D eigenvalue weighted by atomic mass is 35.5. The lowest BCUT2D eigenvalue weighted by Gasteiger charge is -2.17. The van der Waals surface area contributed by atoms with Crippen LogP contribution in [0.5, 0.6) is 17.2 Å². The molecule has 1 heterocycles. The Hall–Kier alpha value is -1.39. The quantitative estimate of drug-likeness (QED) is 0.744. The van der Waals surface area contributed by atoms with E-state index in [9.17, 15) is 0 Å². The number of thiophene rings is 1. The molecule has 0 spiro atoms. The molecule has 0 bridgehead atoms. The number of alkyl halides is 1. The van der Waals surface area contributed by atoms with E-state index < -0.39 is 0 Å². The van der Waals surface area contributed by atoms with Gasteiger partial charge in [0, 0.05) is 11.6 Å². The van der Waals surface area contributed by atoms with Gasteiger partial charge in [-0.25, -0.2) is 0 Å². The van der Waals surface area contributed by atoms with Crippen LogP contribution in [-0.4, -0.2) is 21.3 Å². The Morgan fingerprint density at radius 3 is 2.25 bits per heavy atom. The van der Waals surface area contributed by atoms with Crippen molar-refractivity contribution >= 4 is 22.9 Å². The van der Waals surface area contributed by atoms with Crippen LogP contribution in [0.15, 0.2) is 29.0 Å². The molecular formula is C15H17ClO3S. The van der Waals surface area contributed by atoms with E-state index in [2.05, 4.69) is 11.4 Å². The number of ether oxygens (including phenoxy) is 3. The van der Waals surface area contributed by atoms with E-state index in [1.807, 2.05) is 11.4 Å². The van der Waals surface area contributed by atoms with E-state index in [-0.39, 0.29) is 5.38 Å². The van der Waals surface area contributed by atoms with Crippen LogP contribution in [0.4, 0.5) is 0 Å². The molecule has 0 saturated carbocycles. The van der Waals surface area contributed by atoms with E-state index in [4.69, 9.17) is 25.8 Å². The zero-order valence-corrected chi connectivity index (χ0v) is 13.3. The van der Waals surface area contributed by atoms with E-state index in [1.165, 1.54) is 5.56 Å². The van der Waals surface area contributed by atoms with Crippen LogP contribution in [0, 0.1) is 0 Å². The second-order valence-electron chi connectivity index (χ2n) is 4.25. The number of rotatable bonds is 6. The molecule has 108 valence electrons. The Labute approximate surface area is 128 Å². The zero-order valence-electron chi connectivity index (χ0n) is 11.7. The molecule has 5 heteroatoms. The highest BCUT2D eigenvalue weighted by Gasteiger charge is 2.18. The molecule has 1 atom stereocenters. The molecule has 0 N–H and O–H groups in total. The van der Waals surface area contributed by atoms with Gasteiger partial charge >= 0.3 is 0 Å². The molecule has 0 aliphatic heterocycles. The van der Waals surface area contributed by atoms with Gasteiger partial charge in [0.1, 0.15) is 5.75 Å². The first-order chi connectivity index (χ1) is 9.69. The van der Waals surface area contributed by atoms with Gasteiger partial charge in [0.25, 0.3) is 0 Å². The van der Waals surface area contributed by atoms with Gasteiger partial charge in [-0.1, -0.05) is 0 Å². The molecule has 2 aromatic rings. The summed E-state index contributed by atoms with van der Waals surface area (Å²) in [4.78, 5) is 0. The van der Waals surface area contributed by atoms with Crippen LogP contribution < -0.4 is 14.2 Å². The van der Waals surface area contributed by atoms with Crippen LogP contribution in [-0.2, 0) is 6.42 Å². The molecule has 2 rings (SSSR count). The number of halogens is 1. The fraction of sp³-hybridized carbons (Fsp3) is 0.333. The molecule has 0 aliphatic carbocycles. The van der Waals surface area contributed by atoms with Crippen LogP contribution in [0.2, 0.25) is 0 Å². The smallest absolute Gasteiger partial charge is 0.164 e. The van der Waals surface area contributed by atoms with E-state index in [0.29, 0.717) is 17.2 Å². The summed E-state index contributed by atoms with van der Waals surface area (Å²) in [5, 5.41) is 3.97. The summed E-state index contributed by atoms with van der Waals surface area (Å²) in [6.07, 6.45) is 0.747. The first-order valence-electron chi connectivity index (χ1n) is 6.14. The summed E-state index contributed by atoms with van der Waals surface area (Å²) in [6, 6.07) is 5.76. The van der Waals surface area contributed by atoms with Gasteiger partial charge in [0.15, 0.2) is 11.5 Å². The summed E-state index contributed by atoms with van der Waals surface area (Å²) in [5.41, 5.74) is 2.12. The van der Waals surface area contributed by atoms with Gasteiger partial charge in [-0.3, -0.25) is 0 Å². The van der Waals surface area contributed by atoms with Crippen LogP contribution in [0.25, 0.3) is 0 Å². The normalized spacial score (nSPS) is 12.0. The van der Waals surface area contributed by atoms with Crippen molar-refractivity contribution in [3.63, 3.8) is 0 Å². The maximum absolute atomic E-state index is 6.53.